The second kappa shape index (κ2) is 10.6. The van der Waals surface area contributed by atoms with Gasteiger partial charge in [0.05, 0.1) is 26.7 Å². The number of ether oxygens (including phenoxy) is 4. The van der Waals surface area contributed by atoms with E-state index in [0.717, 1.165) is 5.56 Å². The summed E-state index contributed by atoms with van der Waals surface area (Å²) in [5.74, 6) is 1.17. The minimum atomic E-state index is -0.458. The lowest BCUT2D eigenvalue weighted by atomic mass is 10.1. The SMILES string of the molecule is COc1ccc(NC(=O)COc2c(-c3ccc(OC)c(OC)c3)oc3cc(C)c(Cl)cc3c2=O)cc1. The van der Waals surface area contributed by atoms with Gasteiger partial charge in [-0.15, -0.1) is 0 Å². The van der Waals surface area contributed by atoms with Crippen molar-refractivity contribution in [3.8, 4) is 34.3 Å². The second-order valence-electron chi connectivity index (χ2n) is 7.82. The summed E-state index contributed by atoms with van der Waals surface area (Å²) in [5, 5.41) is 3.37. The highest BCUT2D eigenvalue weighted by atomic mass is 35.5. The van der Waals surface area contributed by atoms with Crippen LogP contribution >= 0.6 is 11.6 Å². The molecule has 4 rings (SSSR count). The standard InChI is InChI=1S/C27H24ClNO7/c1-15-11-22-19(13-20(15)28)25(31)27(26(36-22)16-5-10-21(33-3)23(12-16)34-4)35-14-24(30)29-17-6-8-18(32-2)9-7-17/h5-13H,14H2,1-4H3,(H,29,30). The Morgan fingerprint density at radius 3 is 2.33 bits per heavy atom. The van der Waals surface area contributed by atoms with Crippen LogP contribution in [0.3, 0.4) is 0 Å². The van der Waals surface area contributed by atoms with Gasteiger partial charge in [0.1, 0.15) is 11.3 Å². The van der Waals surface area contributed by atoms with Crippen LogP contribution in [0.1, 0.15) is 5.56 Å². The Labute approximate surface area is 212 Å². The lowest BCUT2D eigenvalue weighted by Crippen LogP contribution is -2.22. The van der Waals surface area contributed by atoms with E-state index in [0.29, 0.717) is 39.1 Å². The average molecular weight is 510 g/mol. The molecule has 0 aliphatic heterocycles. The van der Waals surface area contributed by atoms with Gasteiger partial charge in [-0.25, -0.2) is 0 Å². The monoisotopic (exact) mass is 509 g/mol. The van der Waals surface area contributed by atoms with Gasteiger partial charge in [-0.2, -0.15) is 0 Å². The van der Waals surface area contributed by atoms with E-state index >= 15 is 0 Å². The molecule has 0 unspecified atom stereocenters. The second-order valence-corrected chi connectivity index (χ2v) is 8.23. The predicted octanol–water partition coefficient (Wildman–Crippen LogP) is 5.47. The molecule has 9 heteroatoms. The van der Waals surface area contributed by atoms with Gasteiger partial charge in [0.15, 0.2) is 23.9 Å². The lowest BCUT2D eigenvalue weighted by molar-refractivity contribution is -0.118. The van der Waals surface area contributed by atoms with Crippen LogP contribution < -0.4 is 29.7 Å². The van der Waals surface area contributed by atoms with Gasteiger partial charge in [0, 0.05) is 16.3 Å². The fourth-order valence-corrected chi connectivity index (χ4v) is 3.77. The zero-order valence-corrected chi connectivity index (χ0v) is 20.9. The van der Waals surface area contributed by atoms with Crippen molar-refractivity contribution in [1.29, 1.82) is 0 Å². The van der Waals surface area contributed by atoms with Crippen molar-refractivity contribution in [2.75, 3.05) is 33.3 Å². The fourth-order valence-electron chi connectivity index (χ4n) is 3.61. The number of aryl methyl sites for hydroxylation is 1. The molecule has 0 aliphatic rings. The molecule has 0 bridgehead atoms. The molecule has 1 N–H and O–H groups in total. The maximum absolute atomic E-state index is 13.5. The van der Waals surface area contributed by atoms with Crippen molar-refractivity contribution in [3.05, 3.63) is 75.4 Å². The number of hydrogen-bond acceptors (Lipinski definition) is 7. The Hall–Kier alpha value is -4.17. The van der Waals surface area contributed by atoms with E-state index in [1.54, 1.807) is 55.6 Å². The maximum Gasteiger partial charge on any atom is 0.262 e. The molecule has 1 aromatic heterocycles. The third-order valence-corrected chi connectivity index (χ3v) is 5.90. The molecule has 8 nitrogen and oxygen atoms in total. The van der Waals surface area contributed by atoms with Crippen LogP contribution in [0.25, 0.3) is 22.3 Å². The Morgan fingerprint density at radius 1 is 0.944 bits per heavy atom. The summed E-state index contributed by atoms with van der Waals surface area (Å²) in [5.41, 5.74) is 1.68. The molecule has 0 radical (unpaired) electrons. The first-order valence-corrected chi connectivity index (χ1v) is 11.3. The van der Waals surface area contributed by atoms with Crippen molar-refractivity contribution in [2.45, 2.75) is 6.92 Å². The summed E-state index contributed by atoms with van der Waals surface area (Å²) in [7, 11) is 4.58. The molecular weight excluding hydrogens is 486 g/mol. The maximum atomic E-state index is 13.5. The number of halogens is 1. The van der Waals surface area contributed by atoms with Gasteiger partial charge < -0.3 is 28.7 Å². The number of benzene rings is 3. The number of carbonyl (C=O) groups is 1. The first-order valence-electron chi connectivity index (χ1n) is 10.9. The van der Waals surface area contributed by atoms with Gasteiger partial charge in [-0.3, -0.25) is 9.59 Å². The third kappa shape index (κ3) is 5.08. The molecule has 0 spiro atoms. The first kappa shape index (κ1) is 24.9. The topological polar surface area (TPSA) is 96.2 Å². The summed E-state index contributed by atoms with van der Waals surface area (Å²) in [6.45, 7) is 1.38. The number of methoxy groups -OCH3 is 3. The van der Waals surface area contributed by atoms with Gasteiger partial charge in [0.25, 0.3) is 5.91 Å². The number of fused-ring (bicyclic) bond motifs is 1. The van der Waals surface area contributed by atoms with Crippen molar-refractivity contribution >= 4 is 34.2 Å². The van der Waals surface area contributed by atoms with Crippen LogP contribution in [0.2, 0.25) is 5.02 Å². The largest absolute Gasteiger partial charge is 0.497 e. The summed E-state index contributed by atoms with van der Waals surface area (Å²) in [6, 6.07) is 15.1. The van der Waals surface area contributed by atoms with Crippen LogP contribution in [-0.4, -0.2) is 33.8 Å². The molecule has 0 saturated carbocycles. The molecule has 0 atom stereocenters. The minimum Gasteiger partial charge on any atom is -0.497 e. The molecular formula is C27H24ClNO7. The normalized spacial score (nSPS) is 10.7. The number of carbonyl (C=O) groups excluding carboxylic acids is 1. The summed E-state index contributed by atoms with van der Waals surface area (Å²) in [6.07, 6.45) is 0. The van der Waals surface area contributed by atoms with E-state index in [-0.39, 0.29) is 16.9 Å². The number of hydrogen-bond donors (Lipinski definition) is 1. The molecule has 1 amide bonds. The molecule has 1 heterocycles. The molecule has 3 aromatic carbocycles. The number of nitrogens with one attached hydrogen (secondary N) is 1. The Kier molecular flexibility index (Phi) is 7.36. The van der Waals surface area contributed by atoms with E-state index < -0.39 is 17.9 Å². The highest BCUT2D eigenvalue weighted by Gasteiger charge is 2.21. The van der Waals surface area contributed by atoms with Gasteiger partial charge in [0.2, 0.25) is 11.2 Å². The van der Waals surface area contributed by atoms with E-state index in [1.807, 2.05) is 6.92 Å². The third-order valence-electron chi connectivity index (χ3n) is 5.50. The van der Waals surface area contributed by atoms with Gasteiger partial charge in [-0.05, 0) is 67.1 Å². The van der Waals surface area contributed by atoms with Crippen molar-refractivity contribution in [1.82, 2.24) is 0 Å². The van der Waals surface area contributed by atoms with E-state index in [1.165, 1.54) is 20.3 Å². The molecule has 186 valence electrons. The van der Waals surface area contributed by atoms with Gasteiger partial charge in [-0.1, -0.05) is 11.6 Å². The highest BCUT2D eigenvalue weighted by Crippen LogP contribution is 2.37. The van der Waals surface area contributed by atoms with Crippen LogP contribution in [0.4, 0.5) is 5.69 Å². The van der Waals surface area contributed by atoms with Crippen molar-refractivity contribution < 1.29 is 28.2 Å². The average Bonchev–Trinajstić information content (AvgIpc) is 2.89. The first-order chi connectivity index (χ1) is 17.3. The van der Waals surface area contributed by atoms with E-state index in [2.05, 4.69) is 5.32 Å². The lowest BCUT2D eigenvalue weighted by Gasteiger charge is -2.14. The number of amides is 1. The fraction of sp³-hybridized carbons (Fsp3) is 0.185. The van der Waals surface area contributed by atoms with Crippen LogP contribution in [0, 0.1) is 6.92 Å². The zero-order valence-electron chi connectivity index (χ0n) is 20.1. The molecule has 36 heavy (non-hydrogen) atoms. The minimum absolute atomic E-state index is 0.125. The molecule has 4 aromatic rings. The van der Waals surface area contributed by atoms with Crippen LogP contribution in [-0.2, 0) is 4.79 Å². The van der Waals surface area contributed by atoms with Crippen LogP contribution in [0.5, 0.6) is 23.0 Å². The van der Waals surface area contributed by atoms with Crippen molar-refractivity contribution in [3.63, 3.8) is 0 Å². The Balaban J connectivity index is 1.73. The predicted molar refractivity (Wildman–Crippen MR) is 138 cm³/mol. The Morgan fingerprint density at radius 2 is 1.67 bits per heavy atom. The van der Waals surface area contributed by atoms with Crippen LogP contribution in [0.15, 0.2) is 63.8 Å². The summed E-state index contributed by atoms with van der Waals surface area (Å²) < 4.78 is 27.7. The van der Waals surface area contributed by atoms with Crippen molar-refractivity contribution in [2.24, 2.45) is 0 Å². The smallest absolute Gasteiger partial charge is 0.262 e. The van der Waals surface area contributed by atoms with Gasteiger partial charge >= 0.3 is 0 Å². The van der Waals surface area contributed by atoms with E-state index in [9.17, 15) is 9.59 Å². The van der Waals surface area contributed by atoms with E-state index in [4.69, 9.17) is 35.0 Å². The highest BCUT2D eigenvalue weighted by molar-refractivity contribution is 6.32. The zero-order chi connectivity index (χ0) is 25.8. The Bertz CT molecular complexity index is 1480. The quantitative estimate of drug-likeness (QED) is 0.336. The summed E-state index contributed by atoms with van der Waals surface area (Å²) in [4.78, 5) is 26.0. The summed E-state index contributed by atoms with van der Waals surface area (Å²) >= 11 is 6.26. The molecule has 0 fully saturated rings. The molecule has 0 saturated heterocycles. The number of anilines is 1. The number of rotatable bonds is 8. The molecule has 0 aliphatic carbocycles.